The predicted molar refractivity (Wildman–Crippen MR) is 123 cm³/mol. The number of carboxylic acid groups (broad SMARTS) is 1. The van der Waals surface area contributed by atoms with Gasteiger partial charge in [0, 0.05) is 12.2 Å². The maximum atomic E-state index is 13.3. The van der Waals surface area contributed by atoms with E-state index >= 15 is 0 Å². The van der Waals surface area contributed by atoms with E-state index in [0.29, 0.717) is 35.8 Å². The average Bonchev–Trinajstić information content (AvgIpc) is 3.08. The minimum absolute atomic E-state index is 0.0601. The number of rotatable bonds is 8. The van der Waals surface area contributed by atoms with E-state index in [-0.39, 0.29) is 17.9 Å². The van der Waals surface area contributed by atoms with Crippen molar-refractivity contribution in [3.8, 4) is 5.88 Å². The summed E-state index contributed by atoms with van der Waals surface area (Å²) in [5, 5.41) is 29.8. The fourth-order valence-corrected chi connectivity index (χ4v) is 6.02. The van der Waals surface area contributed by atoms with Gasteiger partial charge in [0.05, 0.1) is 23.9 Å². The molecule has 4 aliphatic carbocycles. The first-order valence-electron chi connectivity index (χ1n) is 11.9. The Balaban J connectivity index is 1.53. The number of nitrogens with one attached hydrogen (secondary N) is 2. The molecule has 4 saturated carbocycles. The van der Waals surface area contributed by atoms with Gasteiger partial charge in [-0.2, -0.15) is 5.10 Å². The zero-order chi connectivity index (χ0) is 24.0. The second kappa shape index (κ2) is 8.66. The predicted octanol–water partition coefficient (Wildman–Crippen LogP) is 3.10. The molecule has 0 spiro atoms. The lowest BCUT2D eigenvalue weighted by Crippen LogP contribution is -2.61. The van der Waals surface area contributed by atoms with Crippen molar-refractivity contribution in [3.63, 3.8) is 0 Å². The van der Waals surface area contributed by atoms with Gasteiger partial charge < -0.3 is 25.6 Å². The molecule has 2 unspecified atom stereocenters. The van der Waals surface area contributed by atoms with Crippen molar-refractivity contribution in [2.45, 2.75) is 77.0 Å². The summed E-state index contributed by atoms with van der Waals surface area (Å²) in [6.07, 6.45) is 8.20. The van der Waals surface area contributed by atoms with Crippen LogP contribution in [0.25, 0.3) is 6.20 Å². The number of hydrogen-bond donors (Lipinski definition) is 4. The summed E-state index contributed by atoms with van der Waals surface area (Å²) in [7, 11) is 0. The van der Waals surface area contributed by atoms with Gasteiger partial charge >= 0.3 is 6.09 Å². The van der Waals surface area contributed by atoms with E-state index in [4.69, 9.17) is 9.84 Å². The Morgan fingerprint density at radius 2 is 1.97 bits per heavy atom. The number of aromatic nitrogens is 2. The van der Waals surface area contributed by atoms with Crippen molar-refractivity contribution in [2.24, 2.45) is 23.7 Å². The highest BCUT2D eigenvalue weighted by Crippen LogP contribution is 2.55. The summed E-state index contributed by atoms with van der Waals surface area (Å²) in [5.74, 6) is 1.56. The van der Waals surface area contributed by atoms with Crippen LogP contribution in [0, 0.1) is 23.7 Å². The van der Waals surface area contributed by atoms with Gasteiger partial charge in [-0.05, 0) is 75.7 Å². The van der Waals surface area contributed by atoms with Crippen molar-refractivity contribution in [1.29, 1.82) is 0 Å². The Hall–Kier alpha value is -2.55. The molecule has 2 amide bonds. The van der Waals surface area contributed by atoms with Crippen LogP contribution >= 0.6 is 0 Å². The van der Waals surface area contributed by atoms with E-state index in [1.165, 1.54) is 10.9 Å². The minimum atomic E-state index is -1.12. The second-order valence-electron chi connectivity index (χ2n) is 11.2. The van der Waals surface area contributed by atoms with E-state index in [1.54, 1.807) is 26.1 Å². The Morgan fingerprint density at radius 3 is 2.55 bits per heavy atom. The molecule has 0 saturated heterocycles. The van der Waals surface area contributed by atoms with Crippen LogP contribution in [0.1, 0.15) is 70.2 Å². The summed E-state index contributed by atoms with van der Waals surface area (Å²) in [6, 6.07) is 0.0601. The molecule has 9 nitrogen and oxygen atoms in total. The molecule has 0 aromatic carbocycles. The summed E-state index contributed by atoms with van der Waals surface area (Å²) < 4.78 is 7.45. The maximum absolute atomic E-state index is 13.3. The number of nitrogens with zero attached hydrogens (tertiary/aromatic N) is 2. The number of aliphatic hydroxyl groups is 1. The van der Waals surface area contributed by atoms with Gasteiger partial charge in [-0.3, -0.25) is 4.79 Å². The molecule has 4 fully saturated rings. The second-order valence-corrected chi connectivity index (χ2v) is 11.2. The van der Waals surface area contributed by atoms with Gasteiger partial charge in [0.15, 0.2) is 0 Å². The lowest BCUT2D eigenvalue weighted by molar-refractivity contribution is -0.136. The molecule has 182 valence electrons. The first kappa shape index (κ1) is 23.6. The van der Waals surface area contributed by atoms with Gasteiger partial charge in [0.25, 0.3) is 5.91 Å². The van der Waals surface area contributed by atoms with Crippen LogP contribution in [0.3, 0.4) is 0 Å². The molecule has 0 aliphatic heterocycles. The molecular weight excluding hydrogens is 424 g/mol. The van der Waals surface area contributed by atoms with Crippen molar-refractivity contribution in [3.05, 3.63) is 17.8 Å². The molecule has 5 rings (SSSR count). The van der Waals surface area contributed by atoms with Crippen LogP contribution in [-0.2, 0) is 0 Å². The molecule has 33 heavy (non-hydrogen) atoms. The number of carbonyl (C=O) groups excluding carboxylic acids is 1. The van der Waals surface area contributed by atoms with E-state index in [0.717, 1.165) is 32.1 Å². The Kier molecular flexibility index (Phi) is 6.20. The third-order valence-corrected chi connectivity index (χ3v) is 7.15. The molecule has 4 N–H and O–H groups in total. The van der Waals surface area contributed by atoms with Crippen LogP contribution in [0.2, 0.25) is 0 Å². The number of hydrogen-bond acceptors (Lipinski definition) is 5. The molecule has 1 heterocycles. The normalized spacial score (nSPS) is 30.7. The fraction of sp³-hybridized carbons (Fsp3) is 0.708. The van der Waals surface area contributed by atoms with Crippen molar-refractivity contribution >= 4 is 18.2 Å². The molecule has 4 aliphatic rings. The first-order valence-corrected chi connectivity index (χ1v) is 11.9. The van der Waals surface area contributed by atoms with Crippen LogP contribution in [0.15, 0.2) is 12.3 Å². The van der Waals surface area contributed by atoms with Crippen LogP contribution in [0.4, 0.5) is 4.79 Å². The van der Waals surface area contributed by atoms with Crippen LogP contribution in [0.5, 0.6) is 5.88 Å². The smallest absolute Gasteiger partial charge is 0.405 e. The van der Waals surface area contributed by atoms with Crippen LogP contribution in [-0.4, -0.2) is 55.8 Å². The highest BCUT2D eigenvalue weighted by molar-refractivity contribution is 5.96. The molecule has 0 radical (unpaired) electrons. The lowest BCUT2D eigenvalue weighted by Gasteiger charge is -2.58. The van der Waals surface area contributed by atoms with Gasteiger partial charge in [-0.15, -0.1) is 0 Å². The monoisotopic (exact) mass is 460 g/mol. The third-order valence-electron chi connectivity index (χ3n) is 7.15. The topological polar surface area (TPSA) is 126 Å². The van der Waals surface area contributed by atoms with Gasteiger partial charge in [0.1, 0.15) is 5.56 Å². The summed E-state index contributed by atoms with van der Waals surface area (Å²) in [5.41, 5.74) is -1.01. The number of amides is 2. The molecule has 2 atom stereocenters. The number of ether oxygens (including phenoxy) is 1. The highest BCUT2D eigenvalue weighted by Gasteiger charge is 2.55. The van der Waals surface area contributed by atoms with Crippen LogP contribution < -0.4 is 15.4 Å². The zero-order valence-corrected chi connectivity index (χ0v) is 19.9. The summed E-state index contributed by atoms with van der Waals surface area (Å²) >= 11 is 0. The van der Waals surface area contributed by atoms with Crippen molar-refractivity contribution in [1.82, 2.24) is 20.4 Å². The SMILES string of the molecule is CC(C)COc1c(C(=O)NC2C3CC4CC2CC(O)(C4)C3)cnn1/C=C/C(C)(C)NC(=O)O. The molecular formula is C24H36N4O5. The van der Waals surface area contributed by atoms with Gasteiger partial charge in [-0.25, -0.2) is 9.48 Å². The van der Waals surface area contributed by atoms with Crippen molar-refractivity contribution < 1.29 is 24.5 Å². The largest absolute Gasteiger partial charge is 0.477 e. The van der Waals surface area contributed by atoms with Gasteiger partial charge in [-0.1, -0.05) is 13.8 Å². The lowest BCUT2D eigenvalue weighted by atomic mass is 9.52. The quantitative estimate of drug-likeness (QED) is 0.472. The summed E-state index contributed by atoms with van der Waals surface area (Å²) in [6.45, 7) is 7.91. The average molecular weight is 461 g/mol. The molecule has 9 heteroatoms. The number of carbonyl (C=O) groups is 2. The minimum Gasteiger partial charge on any atom is -0.477 e. The molecule has 1 aromatic heterocycles. The van der Waals surface area contributed by atoms with E-state index in [1.807, 2.05) is 13.8 Å². The van der Waals surface area contributed by atoms with E-state index in [9.17, 15) is 14.7 Å². The first-order chi connectivity index (χ1) is 15.4. The van der Waals surface area contributed by atoms with Crippen molar-refractivity contribution in [2.75, 3.05) is 6.61 Å². The molecule has 1 aromatic rings. The van der Waals surface area contributed by atoms with Gasteiger partial charge in [0.2, 0.25) is 5.88 Å². The fourth-order valence-electron chi connectivity index (χ4n) is 6.02. The third kappa shape index (κ3) is 5.18. The summed E-state index contributed by atoms with van der Waals surface area (Å²) in [4.78, 5) is 24.3. The zero-order valence-electron chi connectivity index (χ0n) is 19.9. The Labute approximate surface area is 194 Å². The Bertz CT molecular complexity index is 921. The highest BCUT2D eigenvalue weighted by atomic mass is 16.5. The van der Waals surface area contributed by atoms with E-state index < -0.39 is 17.2 Å². The molecule has 4 bridgehead atoms. The maximum Gasteiger partial charge on any atom is 0.405 e. The standard InChI is InChI=1S/C24H36N4O5/c1-14(2)13-33-21-18(12-25-28(21)6-5-23(3,4)27-22(30)31)20(29)26-19-16-7-15-8-17(19)11-24(32,9-15)10-16/h5-6,12,14-17,19,27,32H,7-11,13H2,1-4H3,(H,26,29)(H,30,31)/b6-5+. The van der Waals surface area contributed by atoms with E-state index in [2.05, 4.69) is 15.7 Å². The Morgan fingerprint density at radius 1 is 1.30 bits per heavy atom.